The first-order valence-electron chi connectivity index (χ1n) is 11.3. The minimum Gasteiger partial charge on any atom is -0.490 e. The van der Waals surface area contributed by atoms with E-state index in [4.69, 9.17) is 4.74 Å². The average Bonchev–Trinajstić information content (AvgIpc) is 3.20. The Morgan fingerprint density at radius 3 is 2.84 bits per heavy atom. The molecule has 7 nitrogen and oxygen atoms in total. The van der Waals surface area contributed by atoms with Gasteiger partial charge in [-0.05, 0) is 61.6 Å². The van der Waals surface area contributed by atoms with Crippen LogP contribution in [0.4, 0.5) is 0 Å². The fourth-order valence-electron chi connectivity index (χ4n) is 5.48. The summed E-state index contributed by atoms with van der Waals surface area (Å²) in [6.45, 7) is 5.35. The van der Waals surface area contributed by atoms with Crippen molar-refractivity contribution in [1.82, 2.24) is 24.1 Å². The maximum atomic E-state index is 12.6. The van der Waals surface area contributed by atoms with Gasteiger partial charge in [-0.25, -0.2) is 0 Å². The van der Waals surface area contributed by atoms with Crippen molar-refractivity contribution in [1.29, 1.82) is 0 Å². The molecule has 1 saturated heterocycles. The molecule has 0 amide bonds. The first-order chi connectivity index (χ1) is 15.5. The Labute approximate surface area is 186 Å². The third kappa shape index (κ3) is 3.19. The van der Waals surface area contributed by atoms with Crippen LogP contribution in [0, 0.1) is 12.3 Å². The van der Waals surface area contributed by atoms with E-state index in [0.717, 1.165) is 66.6 Å². The van der Waals surface area contributed by atoms with E-state index >= 15 is 0 Å². The highest BCUT2D eigenvalue weighted by Gasteiger charge is 2.53. The van der Waals surface area contributed by atoms with Gasteiger partial charge >= 0.3 is 0 Å². The molecule has 0 bridgehead atoms. The maximum absolute atomic E-state index is 12.6. The number of aryl methyl sites for hydroxylation is 2. The quantitative estimate of drug-likeness (QED) is 0.488. The fourth-order valence-corrected chi connectivity index (χ4v) is 5.48. The molecule has 2 aliphatic rings. The highest BCUT2D eigenvalue weighted by Crippen LogP contribution is 2.50. The smallest absolute Gasteiger partial charge is 0.258 e. The van der Waals surface area contributed by atoms with Crippen molar-refractivity contribution in [3.05, 3.63) is 70.5 Å². The van der Waals surface area contributed by atoms with E-state index in [1.165, 1.54) is 5.56 Å². The van der Waals surface area contributed by atoms with Crippen LogP contribution in [-0.2, 0) is 13.5 Å². The summed E-state index contributed by atoms with van der Waals surface area (Å²) < 4.78 is 9.93. The number of benzene rings is 1. The Morgan fingerprint density at radius 2 is 2.00 bits per heavy atom. The van der Waals surface area contributed by atoms with Crippen LogP contribution in [0.5, 0.6) is 5.75 Å². The normalized spacial score (nSPS) is 18.2. The minimum absolute atomic E-state index is 0.0355. The third-order valence-corrected chi connectivity index (χ3v) is 7.23. The highest BCUT2D eigenvalue weighted by molar-refractivity contribution is 5.90. The second-order valence-electron chi connectivity index (χ2n) is 9.64. The van der Waals surface area contributed by atoms with Crippen molar-refractivity contribution in [2.75, 3.05) is 19.6 Å². The van der Waals surface area contributed by atoms with Crippen LogP contribution >= 0.6 is 0 Å². The van der Waals surface area contributed by atoms with E-state index in [1.54, 1.807) is 17.9 Å². The van der Waals surface area contributed by atoms with Crippen LogP contribution in [-0.4, -0.2) is 49.8 Å². The summed E-state index contributed by atoms with van der Waals surface area (Å²) >= 11 is 0. The molecule has 0 atom stereocenters. The number of fused-ring (bicyclic) bond motifs is 2. The van der Waals surface area contributed by atoms with Gasteiger partial charge in [0, 0.05) is 49.9 Å². The zero-order valence-corrected chi connectivity index (χ0v) is 18.5. The average molecular weight is 430 g/mol. The second-order valence-corrected chi connectivity index (χ2v) is 9.64. The molecule has 1 aliphatic carbocycles. The number of ether oxygens (including phenoxy) is 1. The largest absolute Gasteiger partial charge is 0.490 e. The molecule has 7 heteroatoms. The Hall–Kier alpha value is -3.19. The molecule has 4 aromatic rings. The predicted molar refractivity (Wildman–Crippen MR) is 123 cm³/mol. The molecule has 3 aromatic heterocycles. The zero-order chi connectivity index (χ0) is 21.9. The van der Waals surface area contributed by atoms with Crippen LogP contribution in [0.25, 0.3) is 16.4 Å². The fraction of sp³-hybridized carbons (Fsp3) is 0.400. The van der Waals surface area contributed by atoms with E-state index in [9.17, 15) is 4.79 Å². The summed E-state index contributed by atoms with van der Waals surface area (Å²) in [6.07, 6.45) is 9.04. The zero-order valence-electron chi connectivity index (χ0n) is 18.5. The highest BCUT2D eigenvalue weighted by atomic mass is 16.5. The Balaban J connectivity index is 1.05. The van der Waals surface area contributed by atoms with Crippen LogP contribution in [0.15, 0.2) is 53.8 Å². The molecule has 1 spiro atoms. The monoisotopic (exact) mass is 429 g/mol. The lowest BCUT2D eigenvalue weighted by Gasteiger charge is -2.58. The van der Waals surface area contributed by atoms with Crippen molar-refractivity contribution in [2.45, 2.75) is 32.3 Å². The second kappa shape index (κ2) is 7.17. The molecule has 1 aromatic carbocycles. The van der Waals surface area contributed by atoms with Gasteiger partial charge in [-0.15, -0.1) is 10.2 Å². The van der Waals surface area contributed by atoms with Gasteiger partial charge in [-0.3, -0.25) is 9.20 Å². The molecule has 1 aliphatic heterocycles. The maximum Gasteiger partial charge on any atom is 0.258 e. The van der Waals surface area contributed by atoms with E-state index in [2.05, 4.69) is 27.2 Å². The Bertz CT molecular complexity index is 1370. The Kier molecular flexibility index (Phi) is 4.37. The van der Waals surface area contributed by atoms with Crippen LogP contribution in [0.2, 0.25) is 0 Å². The van der Waals surface area contributed by atoms with Crippen molar-refractivity contribution in [2.24, 2.45) is 12.5 Å². The topological polar surface area (TPSA) is 64.7 Å². The van der Waals surface area contributed by atoms with Crippen LogP contribution in [0.3, 0.4) is 0 Å². The van der Waals surface area contributed by atoms with Crippen molar-refractivity contribution < 1.29 is 4.74 Å². The molecule has 0 N–H and O–H groups in total. The summed E-state index contributed by atoms with van der Waals surface area (Å²) in [5.74, 6) is 0.836. The van der Waals surface area contributed by atoms with E-state index < -0.39 is 0 Å². The van der Waals surface area contributed by atoms with Gasteiger partial charge in [-0.2, -0.15) is 0 Å². The van der Waals surface area contributed by atoms with Gasteiger partial charge in [-0.1, -0.05) is 6.07 Å². The summed E-state index contributed by atoms with van der Waals surface area (Å²) in [6, 6.07) is 10.3. The number of likely N-dealkylation sites (tertiary alicyclic amines) is 1. The molecular formula is C25H27N5O2. The predicted octanol–water partition coefficient (Wildman–Crippen LogP) is 2.98. The van der Waals surface area contributed by atoms with Crippen molar-refractivity contribution in [3.63, 3.8) is 0 Å². The van der Waals surface area contributed by atoms with Crippen molar-refractivity contribution >= 4 is 16.4 Å². The number of rotatable bonds is 5. The standard InChI is InChI=1S/C25H27N5O2/c1-17-3-4-21(20-7-8-28(2)24(31)23(17)20)32-19-12-25(13-19)14-29(15-25)9-5-18-6-10-30-16-26-27-22(30)11-18/h3-4,6-8,10-11,16,19H,5,9,12-15H2,1-2H3. The van der Waals surface area contributed by atoms with Gasteiger partial charge in [0.15, 0.2) is 5.65 Å². The molecule has 0 unspecified atom stereocenters. The molecule has 4 heterocycles. The first kappa shape index (κ1) is 19.5. The summed E-state index contributed by atoms with van der Waals surface area (Å²) in [4.78, 5) is 15.1. The SMILES string of the molecule is Cc1ccc(OC2CC3(C2)CN(CCc2ccn4cnnc4c2)C3)c2ccn(C)c(=O)c12. The Morgan fingerprint density at radius 1 is 1.16 bits per heavy atom. The molecule has 2 fully saturated rings. The van der Waals surface area contributed by atoms with E-state index in [1.807, 2.05) is 41.9 Å². The molecule has 1 saturated carbocycles. The molecule has 164 valence electrons. The summed E-state index contributed by atoms with van der Waals surface area (Å²) in [5.41, 5.74) is 3.66. The number of hydrogen-bond acceptors (Lipinski definition) is 5. The lowest BCUT2D eigenvalue weighted by Crippen LogP contribution is -2.64. The van der Waals surface area contributed by atoms with Gasteiger partial charge in [0.05, 0.1) is 11.5 Å². The number of aromatic nitrogens is 4. The van der Waals surface area contributed by atoms with E-state index in [0.29, 0.717) is 5.41 Å². The van der Waals surface area contributed by atoms with Gasteiger partial charge < -0.3 is 14.2 Å². The minimum atomic E-state index is 0.0355. The summed E-state index contributed by atoms with van der Waals surface area (Å²) in [7, 11) is 1.79. The van der Waals surface area contributed by atoms with Gasteiger partial charge in [0.1, 0.15) is 12.1 Å². The molecule has 32 heavy (non-hydrogen) atoms. The lowest BCUT2D eigenvalue weighted by atomic mass is 9.61. The number of nitrogens with zero attached hydrogens (tertiary/aromatic N) is 5. The lowest BCUT2D eigenvalue weighted by molar-refractivity contribution is -0.118. The number of pyridine rings is 2. The van der Waals surface area contributed by atoms with Crippen LogP contribution < -0.4 is 10.3 Å². The molecule has 6 rings (SSSR count). The first-order valence-corrected chi connectivity index (χ1v) is 11.3. The van der Waals surface area contributed by atoms with Crippen molar-refractivity contribution in [3.8, 4) is 5.75 Å². The van der Waals surface area contributed by atoms with E-state index in [-0.39, 0.29) is 11.7 Å². The summed E-state index contributed by atoms with van der Waals surface area (Å²) in [5, 5.41) is 9.76. The number of hydrogen-bond donors (Lipinski definition) is 0. The molecule has 0 radical (unpaired) electrons. The van der Waals surface area contributed by atoms with Crippen LogP contribution in [0.1, 0.15) is 24.0 Å². The van der Waals surface area contributed by atoms with Gasteiger partial charge in [0.2, 0.25) is 0 Å². The third-order valence-electron chi connectivity index (χ3n) is 7.23. The van der Waals surface area contributed by atoms with Gasteiger partial charge in [0.25, 0.3) is 5.56 Å². The molecular weight excluding hydrogens is 402 g/mol.